The molecule has 26 heavy (non-hydrogen) atoms. The zero-order valence-electron chi connectivity index (χ0n) is 14.4. The van der Waals surface area contributed by atoms with Crippen molar-refractivity contribution in [2.24, 2.45) is 0 Å². The predicted octanol–water partition coefficient (Wildman–Crippen LogP) is 2.61. The molecule has 0 bridgehead atoms. The van der Waals surface area contributed by atoms with E-state index in [4.69, 9.17) is 9.47 Å². The summed E-state index contributed by atoms with van der Waals surface area (Å²) in [6, 6.07) is 14.2. The molecular formula is C19H17N3O4. The normalized spacial score (nSPS) is 10.4. The number of rotatable bonds is 6. The molecule has 0 aliphatic heterocycles. The van der Waals surface area contributed by atoms with Gasteiger partial charge in [0, 0.05) is 16.7 Å². The van der Waals surface area contributed by atoms with Gasteiger partial charge in [-0.3, -0.25) is 9.59 Å². The first-order valence-electron chi connectivity index (χ1n) is 7.86. The second-order valence-corrected chi connectivity index (χ2v) is 5.46. The molecular weight excluding hydrogens is 334 g/mol. The highest BCUT2D eigenvalue weighted by Gasteiger charge is 2.16. The second-order valence-electron chi connectivity index (χ2n) is 5.46. The highest BCUT2D eigenvalue weighted by molar-refractivity contribution is 5.78. The van der Waals surface area contributed by atoms with E-state index in [9.17, 15) is 9.59 Å². The summed E-state index contributed by atoms with van der Waals surface area (Å²) < 4.78 is 11.4. The van der Waals surface area contributed by atoms with Crippen molar-refractivity contribution in [1.29, 1.82) is 0 Å². The molecule has 0 unspecified atom stereocenters. The zero-order valence-corrected chi connectivity index (χ0v) is 14.4. The number of methoxy groups -OCH3 is 2. The van der Waals surface area contributed by atoms with Crippen LogP contribution < -0.4 is 4.74 Å². The van der Waals surface area contributed by atoms with Crippen molar-refractivity contribution in [3.05, 3.63) is 54.1 Å². The summed E-state index contributed by atoms with van der Waals surface area (Å²) in [7, 11) is 2.91. The molecule has 0 saturated carbocycles. The minimum absolute atomic E-state index is 0.0830. The van der Waals surface area contributed by atoms with Gasteiger partial charge in [0.1, 0.15) is 18.6 Å². The smallest absolute Gasteiger partial charge is 0.327 e. The fourth-order valence-corrected chi connectivity index (χ4v) is 2.47. The number of nitrogens with zero attached hydrogens (tertiary/aromatic N) is 3. The number of carbonyl (C=O) groups excluding carboxylic acids is 2. The highest BCUT2D eigenvalue weighted by atomic mass is 16.5. The molecule has 3 rings (SSSR count). The van der Waals surface area contributed by atoms with E-state index in [1.54, 1.807) is 25.3 Å². The van der Waals surface area contributed by atoms with Crippen LogP contribution in [0.3, 0.4) is 0 Å². The third kappa shape index (κ3) is 3.61. The van der Waals surface area contributed by atoms with Crippen LogP contribution in [0.5, 0.6) is 5.75 Å². The Kier molecular flexibility index (Phi) is 5.07. The van der Waals surface area contributed by atoms with Crippen molar-refractivity contribution in [1.82, 2.24) is 14.8 Å². The van der Waals surface area contributed by atoms with E-state index < -0.39 is 5.97 Å². The van der Waals surface area contributed by atoms with E-state index in [0.717, 1.165) is 17.6 Å². The largest absolute Gasteiger partial charge is 0.497 e. The van der Waals surface area contributed by atoms with Crippen molar-refractivity contribution < 1.29 is 19.1 Å². The van der Waals surface area contributed by atoms with Crippen molar-refractivity contribution in [2.45, 2.75) is 6.54 Å². The van der Waals surface area contributed by atoms with Gasteiger partial charge >= 0.3 is 5.97 Å². The maximum Gasteiger partial charge on any atom is 0.327 e. The summed E-state index contributed by atoms with van der Waals surface area (Å²) in [5.74, 6) is 1.22. The monoisotopic (exact) mass is 351 g/mol. The lowest BCUT2D eigenvalue weighted by molar-refractivity contribution is -0.141. The standard InChI is InChI=1S/C19H17N3O4/c1-25-16-8-6-14(7-9-16)18-20-19(22(21-18)11-17(24)26-2)15-5-3-4-13(10-15)12-23/h3-10,12H,11H2,1-2H3. The van der Waals surface area contributed by atoms with Gasteiger partial charge in [0.25, 0.3) is 0 Å². The summed E-state index contributed by atoms with van der Waals surface area (Å²) in [5.41, 5.74) is 1.98. The van der Waals surface area contributed by atoms with Crippen LogP contribution in [0.2, 0.25) is 0 Å². The van der Waals surface area contributed by atoms with Gasteiger partial charge in [-0.2, -0.15) is 0 Å². The van der Waals surface area contributed by atoms with E-state index in [1.165, 1.54) is 11.8 Å². The number of aldehydes is 1. The Hall–Kier alpha value is -3.48. The number of hydrogen-bond acceptors (Lipinski definition) is 6. The molecule has 7 heteroatoms. The van der Waals surface area contributed by atoms with Crippen LogP contribution in [0, 0.1) is 0 Å². The Morgan fingerprint density at radius 2 is 1.88 bits per heavy atom. The molecule has 7 nitrogen and oxygen atoms in total. The summed E-state index contributed by atoms with van der Waals surface area (Å²) in [6.45, 7) is -0.0830. The lowest BCUT2D eigenvalue weighted by Gasteiger charge is -2.05. The third-order valence-electron chi connectivity index (χ3n) is 3.81. The van der Waals surface area contributed by atoms with Crippen molar-refractivity contribution >= 4 is 12.3 Å². The van der Waals surface area contributed by atoms with E-state index in [2.05, 4.69) is 10.1 Å². The van der Waals surface area contributed by atoms with Gasteiger partial charge in [-0.05, 0) is 30.3 Å². The van der Waals surface area contributed by atoms with Gasteiger partial charge in [-0.15, -0.1) is 5.10 Å². The van der Waals surface area contributed by atoms with Gasteiger partial charge in [0.2, 0.25) is 0 Å². The Balaban J connectivity index is 2.06. The Bertz CT molecular complexity index is 932. The van der Waals surface area contributed by atoms with E-state index in [0.29, 0.717) is 22.8 Å². The first-order chi connectivity index (χ1) is 12.6. The maximum absolute atomic E-state index is 11.7. The number of carbonyl (C=O) groups is 2. The fraction of sp³-hybridized carbons (Fsp3) is 0.158. The molecule has 0 aliphatic rings. The van der Waals surface area contributed by atoms with E-state index >= 15 is 0 Å². The lowest BCUT2D eigenvalue weighted by Crippen LogP contribution is -2.14. The second kappa shape index (κ2) is 7.60. The molecule has 0 radical (unpaired) electrons. The Morgan fingerprint density at radius 1 is 1.12 bits per heavy atom. The minimum Gasteiger partial charge on any atom is -0.497 e. The number of esters is 1. The van der Waals surface area contributed by atoms with Crippen LogP contribution in [0.25, 0.3) is 22.8 Å². The molecule has 0 aliphatic carbocycles. The van der Waals surface area contributed by atoms with Crippen LogP contribution in [0.1, 0.15) is 10.4 Å². The number of ether oxygens (including phenoxy) is 2. The molecule has 0 spiro atoms. The van der Waals surface area contributed by atoms with Gasteiger partial charge in [0.15, 0.2) is 11.6 Å². The number of hydrogen-bond donors (Lipinski definition) is 0. The van der Waals surface area contributed by atoms with Gasteiger partial charge in [-0.1, -0.05) is 18.2 Å². The SMILES string of the molecule is COC(=O)Cn1nc(-c2ccc(OC)cc2)nc1-c1cccc(C=O)c1. The molecule has 0 atom stereocenters. The van der Waals surface area contributed by atoms with Crippen LogP contribution in [0.15, 0.2) is 48.5 Å². The number of benzene rings is 2. The summed E-state index contributed by atoms with van der Waals surface area (Å²) in [6.07, 6.45) is 0.759. The first-order valence-corrected chi connectivity index (χ1v) is 7.86. The lowest BCUT2D eigenvalue weighted by atomic mass is 10.1. The molecule has 0 fully saturated rings. The Labute approximate surface area is 150 Å². The fourth-order valence-electron chi connectivity index (χ4n) is 2.47. The van der Waals surface area contributed by atoms with E-state index in [-0.39, 0.29) is 6.54 Å². The average Bonchev–Trinajstić information content (AvgIpc) is 3.11. The Morgan fingerprint density at radius 3 is 2.54 bits per heavy atom. The first kappa shape index (κ1) is 17.3. The highest BCUT2D eigenvalue weighted by Crippen LogP contribution is 2.24. The van der Waals surface area contributed by atoms with Crippen LogP contribution in [-0.2, 0) is 16.1 Å². The average molecular weight is 351 g/mol. The van der Waals surface area contributed by atoms with E-state index in [1.807, 2.05) is 30.3 Å². The van der Waals surface area contributed by atoms with Gasteiger partial charge in [0.05, 0.1) is 14.2 Å². The van der Waals surface area contributed by atoms with Crippen LogP contribution in [-0.4, -0.2) is 41.2 Å². The summed E-state index contributed by atoms with van der Waals surface area (Å²) >= 11 is 0. The molecule has 1 heterocycles. The van der Waals surface area contributed by atoms with Crippen molar-refractivity contribution in [3.63, 3.8) is 0 Å². The van der Waals surface area contributed by atoms with Crippen LogP contribution >= 0.6 is 0 Å². The topological polar surface area (TPSA) is 83.3 Å². The molecule has 0 N–H and O–H groups in total. The van der Waals surface area contributed by atoms with Crippen molar-refractivity contribution in [2.75, 3.05) is 14.2 Å². The predicted molar refractivity (Wildman–Crippen MR) is 94.8 cm³/mol. The molecule has 0 amide bonds. The number of aromatic nitrogens is 3. The molecule has 132 valence electrons. The van der Waals surface area contributed by atoms with Crippen LogP contribution in [0.4, 0.5) is 0 Å². The quantitative estimate of drug-likeness (QED) is 0.501. The molecule has 0 saturated heterocycles. The zero-order chi connectivity index (χ0) is 18.5. The van der Waals surface area contributed by atoms with Gasteiger partial charge in [-0.25, -0.2) is 9.67 Å². The maximum atomic E-state index is 11.7. The van der Waals surface area contributed by atoms with Crippen molar-refractivity contribution in [3.8, 4) is 28.5 Å². The summed E-state index contributed by atoms with van der Waals surface area (Å²) in [5, 5.41) is 4.43. The summed E-state index contributed by atoms with van der Waals surface area (Å²) in [4.78, 5) is 27.3. The third-order valence-corrected chi connectivity index (χ3v) is 3.81. The minimum atomic E-state index is -0.441. The molecule has 3 aromatic rings. The molecule has 2 aromatic carbocycles. The molecule has 1 aromatic heterocycles. The van der Waals surface area contributed by atoms with Gasteiger partial charge < -0.3 is 9.47 Å².